The SMILES string of the molecule is Clc1nc(NCc2ccc(-c3ccccc3)cc2)c2ncn(C3CCC3)c2n1. The molecule has 0 bridgehead atoms. The van der Waals surface area contributed by atoms with Crippen LogP contribution in [0.1, 0.15) is 30.9 Å². The molecule has 1 aliphatic rings. The van der Waals surface area contributed by atoms with Gasteiger partial charge in [-0.25, -0.2) is 4.98 Å². The lowest BCUT2D eigenvalue weighted by Crippen LogP contribution is -2.16. The van der Waals surface area contributed by atoms with E-state index in [0.717, 1.165) is 11.2 Å². The Bertz CT molecular complexity index is 1100. The highest BCUT2D eigenvalue weighted by Crippen LogP contribution is 2.34. The summed E-state index contributed by atoms with van der Waals surface area (Å²) in [7, 11) is 0. The standard InChI is InChI=1S/C22H20ClN5/c23-22-26-20(19-21(27-22)28(14-25-19)18-7-4-8-18)24-13-15-9-11-17(12-10-15)16-5-2-1-3-6-16/h1-3,5-6,9-12,14,18H,4,7-8,13H2,(H,24,26,27). The van der Waals surface area contributed by atoms with E-state index < -0.39 is 0 Å². The molecule has 2 heterocycles. The molecule has 140 valence electrons. The summed E-state index contributed by atoms with van der Waals surface area (Å²) in [5.74, 6) is 0.681. The van der Waals surface area contributed by atoms with Crippen LogP contribution in [0.25, 0.3) is 22.3 Å². The summed E-state index contributed by atoms with van der Waals surface area (Å²) in [6.45, 7) is 0.647. The maximum atomic E-state index is 6.19. The van der Waals surface area contributed by atoms with Gasteiger partial charge in [0.2, 0.25) is 5.28 Å². The van der Waals surface area contributed by atoms with Gasteiger partial charge in [-0.05, 0) is 47.6 Å². The first-order valence-electron chi connectivity index (χ1n) is 9.56. The van der Waals surface area contributed by atoms with Crippen molar-refractivity contribution >= 4 is 28.6 Å². The van der Waals surface area contributed by atoms with E-state index in [1.807, 2.05) is 12.4 Å². The molecule has 0 amide bonds. The van der Waals surface area contributed by atoms with E-state index in [4.69, 9.17) is 11.6 Å². The van der Waals surface area contributed by atoms with Crippen molar-refractivity contribution in [3.05, 3.63) is 71.8 Å². The van der Waals surface area contributed by atoms with Crippen molar-refractivity contribution in [1.82, 2.24) is 19.5 Å². The van der Waals surface area contributed by atoms with E-state index in [1.54, 1.807) is 0 Å². The molecule has 0 unspecified atom stereocenters. The number of halogens is 1. The van der Waals surface area contributed by atoms with Crippen molar-refractivity contribution in [3.8, 4) is 11.1 Å². The van der Waals surface area contributed by atoms with Crippen LogP contribution in [0.3, 0.4) is 0 Å². The fourth-order valence-electron chi connectivity index (χ4n) is 3.58. The first-order chi connectivity index (χ1) is 13.8. The molecule has 0 saturated heterocycles. The molecule has 5 nitrogen and oxygen atoms in total. The van der Waals surface area contributed by atoms with Crippen LogP contribution in [0, 0.1) is 0 Å². The summed E-state index contributed by atoms with van der Waals surface area (Å²) in [5.41, 5.74) is 5.17. The molecular formula is C22H20ClN5. The Balaban J connectivity index is 1.36. The molecular weight excluding hydrogens is 370 g/mol. The van der Waals surface area contributed by atoms with Crippen LogP contribution in [-0.2, 0) is 6.54 Å². The average Bonchev–Trinajstić information content (AvgIpc) is 3.09. The summed E-state index contributed by atoms with van der Waals surface area (Å²) in [6, 6.07) is 19.4. The van der Waals surface area contributed by atoms with Gasteiger partial charge < -0.3 is 9.88 Å². The van der Waals surface area contributed by atoms with Gasteiger partial charge in [-0.1, -0.05) is 54.6 Å². The van der Waals surface area contributed by atoms with Gasteiger partial charge in [0, 0.05) is 12.6 Å². The van der Waals surface area contributed by atoms with Crippen LogP contribution in [0.15, 0.2) is 60.9 Å². The Kier molecular flexibility index (Phi) is 4.45. The third-order valence-corrected chi connectivity index (χ3v) is 5.55. The Morgan fingerprint density at radius 2 is 1.71 bits per heavy atom. The van der Waals surface area contributed by atoms with Crippen molar-refractivity contribution in [2.24, 2.45) is 0 Å². The number of aromatic nitrogens is 4. The first-order valence-corrected chi connectivity index (χ1v) is 9.94. The number of hydrogen-bond donors (Lipinski definition) is 1. The highest BCUT2D eigenvalue weighted by molar-refractivity contribution is 6.28. The highest BCUT2D eigenvalue weighted by atomic mass is 35.5. The van der Waals surface area contributed by atoms with Crippen LogP contribution in [-0.4, -0.2) is 19.5 Å². The van der Waals surface area contributed by atoms with Crippen molar-refractivity contribution in [2.75, 3.05) is 5.32 Å². The van der Waals surface area contributed by atoms with Crippen LogP contribution in [0.2, 0.25) is 5.28 Å². The lowest BCUT2D eigenvalue weighted by Gasteiger charge is -2.26. The average molecular weight is 390 g/mol. The molecule has 1 fully saturated rings. The number of rotatable bonds is 5. The normalized spacial score (nSPS) is 14.2. The quantitative estimate of drug-likeness (QED) is 0.459. The Morgan fingerprint density at radius 3 is 2.43 bits per heavy atom. The van der Waals surface area contributed by atoms with Gasteiger partial charge in [0.15, 0.2) is 17.0 Å². The first kappa shape index (κ1) is 17.2. The predicted octanol–water partition coefficient (Wildman–Crippen LogP) is 5.48. The number of hydrogen-bond acceptors (Lipinski definition) is 4. The summed E-state index contributed by atoms with van der Waals surface area (Å²) in [5, 5.41) is 3.63. The van der Waals surface area contributed by atoms with Crippen LogP contribution in [0.5, 0.6) is 0 Å². The molecule has 0 radical (unpaired) electrons. The monoisotopic (exact) mass is 389 g/mol. The van der Waals surface area contributed by atoms with E-state index in [1.165, 1.54) is 36.0 Å². The van der Waals surface area contributed by atoms with Crippen LogP contribution < -0.4 is 5.32 Å². The van der Waals surface area contributed by atoms with Gasteiger partial charge in [0.25, 0.3) is 0 Å². The van der Waals surface area contributed by atoms with E-state index in [9.17, 15) is 0 Å². The maximum Gasteiger partial charge on any atom is 0.226 e. The van der Waals surface area contributed by atoms with E-state index in [0.29, 0.717) is 18.4 Å². The summed E-state index contributed by atoms with van der Waals surface area (Å²) < 4.78 is 2.13. The minimum atomic E-state index is 0.246. The molecule has 6 heteroatoms. The van der Waals surface area contributed by atoms with Crippen molar-refractivity contribution < 1.29 is 0 Å². The van der Waals surface area contributed by atoms with Crippen LogP contribution in [0.4, 0.5) is 5.82 Å². The number of fused-ring (bicyclic) bond motifs is 1. The molecule has 0 atom stereocenters. The Labute approximate surface area is 168 Å². The van der Waals surface area contributed by atoms with E-state index in [-0.39, 0.29) is 5.28 Å². The molecule has 5 rings (SSSR count). The molecule has 1 aliphatic carbocycles. The second-order valence-electron chi connectivity index (χ2n) is 7.17. The third-order valence-electron chi connectivity index (χ3n) is 5.38. The zero-order valence-electron chi connectivity index (χ0n) is 15.3. The Morgan fingerprint density at radius 1 is 0.964 bits per heavy atom. The van der Waals surface area contributed by atoms with Crippen molar-refractivity contribution in [3.63, 3.8) is 0 Å². The fraction of sp³-hybridized carbons (Fsp3) is 0.227. The lowest BCUT2D eigenvalue weighted by atomic mass is 9.93. The van der Waals surface area contributed by atoms with Crippen molar-refractivity contribution in [1.29, 1.82) is 0 Å². The molecule has 0 aliphatic heterocycles. The number of anilines is 1. The molecule has 1 N–H and O–H groups in total. The minimum Gasteiger partial charge on any atom is -0.364 e. The molecule has 4 aromatic rings. The number of imidazole rings is 1. The smallest absolute Gasteiger partial charge is 0.226 e. The Hall–Kier alpha value is -2.92. The molecule has 0 spiro atoms. The van der Waals surface area contributed by atoms with Gasteiger partial charge in [-0.3, -0.25) is 0 Å². The zero-order chi connectivity index (χ0) is 18.9. The number of nitrogens with one attached hydrogen (secondary N) is 1. The van der Waals surface area contributed by atoms with Crippen LogP contribution >= 0.6 is 11.6 Å². The molecule has 1 saturated carbocycles. The third kappa shape index (κ3) is 3.22. The topological polar surface area (TPSA) is 55.6 Å². The van der Waals surface area contributed by atoms with Gasteiger partial charge in [0.05, 0.1) is 6.33 Å². The van der Waals surface area contributed by atoms with Gasteiger partial charge in [-0.15, -0.1) is 0 Å². The predicted molar refractivity (Wildman–Crippen MR) is 112 cm³/mol. The molecule has 2 aromatic carbocycles. The fourth-order valence-corrected chi connectivity index (χ4v) is 3.74. The number of benzene rings is 2. The van der Waals surface area contributed by atoms with Gasteiger partial charge >= 0.3 is 0 Å². The highest BCUT2D eigenvalue weighted by Gasteiger charge is 2.23. The van der Waals surface area contributed by atoms with Gasteiger partial charge in [-0.2, -0.15) is 9.97 Å². The summed E-state index contributed by atoms with van der Waals surface area (Å²) >= 11 is 6.19. The molecule has 2 aromatic heterocycles. The number of nitrogens with zero attached hydrogens (tertiary/aromatic N) is 4. The summed E-state index contributed by atoms with van der Waals surface area (Å²) in [4.78, 5) is 13.3. The zero-order valence-corrected chi connectivity index (χ0v) is 16.1. The van der Waals surface area contributed by atoms with Crippen molar-refractivity contribution in [2.45, 2.75) is 31.8 Å². The molecule has 28 heavy (non-hydrogen) atoms. The maximum absolute atomic E-state index is 6.19. The second kappa shape index (κ2) is 7.24. The van der Waals surface area contributed by atoms with E-state index in [2.05, 4.69) is 73.4 Å². The second-order valence-corrected chi connectivity index (χ2v) is 7.50. The summed E-state index contributed by atoms with van der Waals surface area (Å²) in [6.07, 6.45) is 5.46. The van der Waals surface area contributed by atoms with E-state index >= 15 is 0 Å². The van der Waals surface area contributed by atoms with Gasteiger partial charge in [0.1, 0.15) is 0 Å². The lowest BCUT2D eigenvalue weighted by molar-refractivity contribution is 0.319. The minimum absolute atomic E-state index is 0.246. The largest absolute Gasteiger partial charge is 0.364 e.